The van der Waals surface area contributed by atoms with Gasteiger partial charge in [0.25, 0.3) is 0 Å². The van der Waals surface area contributed by atoms with Gasteiger partial charge in [-0.1, -0.05) is 30.7 Å². The minimum absolute atomic E-state index is 0.311. The summed E-state index contributed by atoms with van der Waals surface area (Å²) in [5.74, 6) is 0.673. The Morgan fingerprint density at radius 1 is 1.20 bits per heavy atom. The van der Waals surface area contributed by atoms with Crippen LogP contribution in [0.3, 0.4) is 0 Å². The summed E-state index contributed by atoms with van der Waals surface area (Å²) in [5, 5.41) is 0. The van der Waals surface area contributed by atoms with Crippen molar-refractivity contribution in [2.24, 2.45) is 11.7 Å². The lowest BCUT2D eigenvalue weighted by Crippen LogP contribution is -2.19. The molecule has 1 aromatic carbocycles. The Morgan fingerprint density at radius 3 is 2.40 bits per heavy atom. The molecule has 0 spiro atoms. The normalized spacial score (nSPS) is 15.0. The number of hydrogen-bond donors (Lipinski definition) is 1. The SMILES string of the molecule is Cc1ccc(CC(C)CC(C)N)c(C)c1. The third-order valence-electron chi connectivity index (χ3n) is 2.84. The van der Waals surface area contributed by atoms with Gasteiger partial charge in [0.2, 0.25) is 0 Å². The van der Waals surface area contributed by atoms with Crippen molar-refractivity contribution in [3.63, 3.8) is 0 Å². The second-order valence-corrected chi connectivity index (χ2v) is 4.95. The Hall–Kier alpha value is -0.820. The van der Waals surface area contributed by atoms with E-state index in [2.05, 4.69) is 45.9 Å². The van der Waals surface area contributed by atoms with Gasteiger partial charge in [0.15, 0.2) is 0 Å². The van der Waals surface area contributed by atoms with Crippen molar-refractivity contribution < 1.29 is 0 Å². The van der Waals surface area contributed by atoms with Crippen LogP contribution >= 0.6 is 0 Å². The van der Waals surface area contributed by atoms with E-state index in [1.807, 2.05) is 0 Å². The summed E-state index contributed by atoms with van der Waals surface area (Å²) in [7, 11) is 0. The summed E-state index contributed by atoms with van der Waals surface area (Å²) in [5.41, 5.74) is 10.0. The minimum atomic E-state index is 0.311. The van der Waals surface area contributed by atoms with Crippen molar-refractivity contribution in [3.8, 4) is 0 Å². The molecule has 0 bridgehead atoms. The van der Waals surface area contributed by atoms with E-state index < -0.39 is 0 Å². The second kappa shape index (κ2) is 5.32. The van der Waals surface area contributed by atoms with Gasteiger partial charge < -0.3 is 5.73 Å². The van der Waals surface area contributed by atoms with Gasteiger partial charge in [-0.3, -0.25) is 0 Å². The first-order chi connectivity index (χ1) is 6.99. The largest absolute Gasteiger partial charge is 0.328 e. The Labute approximate surface area is 93.7 Å². The standard InChI is InChI=1S/C14H23N/c1-10-5-6-14(12(3)7-10)9-11(2)8-13(4)15/h5-7,11,13H,8-9,15H2,1-4H3. The van der Waals surface area contributed by atoms with Crippen molar-refractivity contribution in [1.82, 2.24) is 0 Å². The lowest BCUT2D eigenvalue weighted by atomic mass is 9.92. The average molecular weight is 205 g/mol. The summed E-state index contributed by atoms with van der Waals surface area (Å²) in [6, 6.07) is 7.02. The molecular formula is C14H23N. The van der Waals surface area contributed by atoms with E-state index in [1.165, 1.54) is 16.7 Å². The van der Waals surface area contributed by atoms with Gasteiger partial charge in [0.05, 0.1) is 0 Å². The highest BCUT2D eigenvalue weighted by molar-refractivity contribution is 5.30. The van der Waals surface area contributed by atoms with Crippen LogP contribution in [0.25, 0.3) is 0 Å². The van der Waals surface area contributed by atoms with Gasteiger partial charge in [-0.2, -0.15) is 0 Å². The van der Waals surface area contributed by atoms with Crippen LogP contribution in [0.2, 0.25) is 0 Å². The van der Waals surface area contributed by atoms with Crippen LogP contribution in [0.1, 0.15) is 37.0 Å². The number of benzene rings is 1. The molecule has 1 heteroatoms. The maximum atomic E-state index is 5.81. The number of aryl methyl sites for hydroxylation is 2. The smallest absolute Gasteiger partial charge is 0.00131 e. The fourth-order valence-electron chi connectivity index (χ4n) is 2.17. The molecule has 15 heavy (non-hydrogen) atoms. The molecule has 0 saturated carbocycles. The van der Waals surface area contributed by atoms with Crippen LogP contribution in [0.4, 0.5) is 0 Å². The fraction of sp³-hybridized carbons (Fsp3) is 0.571. The van der Waals surface area contributed by atoms with E-state index in [-0.39, 0.29) is 0 Å². The van der Waals surface area contributed by atoms with Crippen LogP contribution in [-0.4, -0.2) is 6.04 Å². The van der Waals surface area contributed by atoms with Gasteiger partial charge in [0, 0.05) is 6.04 Å². The zero-order valence-corrected chi connectivity index (χ0v) is 10.4. The molecular weight excluding hydrogens is 182 g/mol. The van der Waals surface area contributed by atoms with Crippen LogP contribution in [0.5, 0.6) is 0 Å². The zero-order valence-electron chi connectivity index (χ0n) is 10.4. The highest BCUT2D eigenvalue weighted by atomic mass is 14.6. The molecule has 0 fully saturated rings. The predicted molar refractivity (Wildman–Crippen MR) is 67.1 cm³/mol. The molecule has 0 aliphatic rings. The molecule has 0 heterocycles. The molecule has 2 N–H and O–H groups in total. The third-order valence-corrected chi connectivity index (χ3v) is 2.84. The van der Waals surface area contributed by atoms with Crippen molar-refractivity contribution in [3.05, 3.63) is 34.9 Å². The molecule has 1 rings (SSSR count). The monoisotopic (exact) mass is 205 g/mol. The zero-order chi connectivity index (χ0) is 11.4. The van der Waals surface area contributed by atoms with E-state index >= 15 is 0 Å². The van der Waals surface area contributed by atoms with Crippen molar-refractivity contribution in [1.29, 1.82) is 0 Å². The van der Waals surface area contributed by atoms with Gasteiger partial charge in [-0.25, -0.2) is 0 Å². The molecule has 0 amide bonds. The Kier molecular flexibility index (Phi) is 4.34. The fourth-order valence-corrected chi connectivity index (χ4v) is 2.17. The first-order valence-electron chi connectivity index (χ1n) is 5.80. The van der Waals surface area contributed by atoms with Crippen molar-refractivity contribution >= 4 is 0 Å². The average Bonchev–Trinajstić information content (AvgIpc) is 2.08. The summed E-state index contributed by atoms with van der Waals surface area (Å²) in [6.45, 7) is 8.70. The highest BCUT2D eigenvalue weighted by Gasteiger charge is 2.08. The predicted octanol–water partition coefficient (Wildman–Crippen LogP) is 3.22. The first-order valence-corrected chi connectivity index (χ1v) is 5.80. The lowest BCUT2D eigenvalue weighted by Gasteiger charge is -2.15. The van der Waals surface area contributed by atoms with Crippen LogP contribution in [-0.2, 0) is 6.42 Å². The summed E-state index contributed by atoms with van der Waals surface area (Å²) >= 11 is 0. The highest BCUT2D eigenvalue weighted by Crippen LogP contribution is 2.17. The number of nitrogens with two attached hydrogens (primary N) is 1. The van der Waals surface area contributed by atoms with Crippen molar-refractivity contribution in [2.75, 3.05) is 0 Å². The maximum absolute atomic E-state index is 5.81. The van der Waals surface area contributed by atoms with E-state index in [0.29, 0.717) is 12.0 Å². The third kappa shape index (κ3) is 4.05. The summed E-state index contributed by atoms with van der Waals surface area (Å²) in [4.78, 5) is 0. The maximum Gasteiger partial charge on any atom is 0.00131 e. The molecule has 2 atom stereocenters. The van der Waals surface area contributed by atoms with E-state index in [9.17, 15) is 0 Å². The number of hydrogen-bond acceptors (Lipinski definition) is 1. The molecule has 0 aliphatic carbocycles. The summed E-state index contributed by atoms with van der Waals surface area (Å²) < 4.78 is 0. The Bertz CT molecular complexity index is 315. The van der Waals surface area contributed by atoms with Crippen LogP contribution in [0, 0.1) is 19.8 Å². The van der Waals surface area contributed by atoms with Gasteiger partial charge in [0.1, 0.15) is 0 Å². The lowest BCUT2D eigenvalue weighted by molar-refractivity contribution is 0.479. The van der Waals surface area contributed by atoms with E-state index in [4.69, 9.17) is 5.73 Å². The van der Waals surface area contributed by atoms with Crippen molar-refractivity contribution in [2.45, 2.75) is 46.6 Å². The second-order valence-electron chi connectivity index (χ2n) is 4.95. The molecule has 0 saturated heterocycles. The van der Waals surface area contributed by atoms with Gasteiger partial charge in [-0.05, 0) is 50.7 Å². The van der Waals surface area contributed by atoms with E-state index in [0.717, 1.165) is 12.8 Å². The molecule has 0 radical (unpaired) electrons. The van der Waals surface area contributed by atoms with Gasteiger partial charge >= 0.3 is 0 Å². The number of rotatable bonds is 4. The molecule has 1 nitrogen and oxygen atoms in total. The quantitative estimate of drug-likeness (QED) is 0.802. The Balaban J connectivity index is 2.64. The van der Waals surface area contributed by atoms with Crippen LogP contribution in [0.15, 0.2) is 18.2 Å². The topological polar surface area (TPSA) is 26.0 Å². The Morgan fingerprint density at radius 2 is 1.87 bits per heavy atom. The van der Waals surface area contributed by atoms with Gasteiger partial charge in [-0.15, -0.1) is 0 Å². The molecule has 84 valence electrons. The molecule has 2 unspecified atom stereocenters. The molecule has 0 aromatic heterocycles. The first kappa shape index (κ1) is 12.3. The van der Waals surface area contributed by atoms with E-state index in [1.54, 1.807) is 0 Å². The summed E-state index contributed by atoms with van der Waals surface area (Å²) in [6.07, 6.45) is 2.25. The minimum Gasteiger partial charge on any atom is -0.328 e. The van der Waals surface area contributed by atoms with Crippen LogP contribution < -0.4 is 5.73 Å². The molecule has 1 aromatic rings. The molecule has 0 aliphatic heterocycles.